The molecule has 2 heterocycles. The van der Waals surface area contributed by atoms with Crippen molar-refractivity contribution in [3.63, 3.8) is 0 Å². The Morgan fingerprint density at radius 2 is 1.78 bits per heavy atom. The van der Waals surface area contributed by atoms with E-state index in [0.29, 0.717) is 25.6 Å². The highest BCUT2D eigenvalue weighted by molar-refractivity contribution is 5.87. The van der Waals surface area contributed by atoms with Crippen LogP contribution in [0.1, 0.15) is 70.9 Å². The molecule has 2 aliphatic rings. The van der Waals surface area contributed by atoms with E-state index < -0.39 is 0 Å². The molecule has 1 aromatic rings. The molecule has 0 bridgehead atoms. The average molecular weight is 371 g/mol. The second kappa shape index (κ2) is 7.29. The highest BCUT2D eigenvalue weighted by atomic mass is 16.2. The van der Waals surface area contributed by atoms with Crippen LogP contribution in [0.2, 0.25) is 0 Å². The molecule has 2 fully saturated rings. The number of carbonyl (C=O) groups excluding carboxylic acids is 2. The van der Waals surface area contributed by atoms with Crippen LogP contribution < -0.4 is 0 Å². The number of hydrogen-bond acceptors (Lipinski definition) is 2. The van der Waals surface area contributed by atoms with Crippen LogP contribution in [0.4, 0.5) is 0 Å². The molecule has 0 unspecified atom stereocenters. The van der Waals surface area contributed by atoms with Gasteiger partial charge in [0.15, 0.2) is 0 Å². The molecule has 27 heavy (non-hydrogen) atoms. The molecular weight excluding hydrogens is 336 g/mol. The maximum atomic E-state index is 13.3. The summed E-state index contributed by atoms with van der Waals surface area (Å²) in [6.07, 6.45) is 2.73. The second-order valence-electron chi connectivity index (χ2n) is 9.73. The predicted molar refractivity (Wildman–Crippen MR) is 108 cm³/mol. The topological polar surface area (TPSA) is 40.6 Å². The van der Waals surface area contributed by atoms with Crippen LogP contribution in [0.3, 0.4) is 0 Å². The lowest BCUT2D eigenvalue weighted by molar-refractivity contribution is -0.147. The first-order valence-corrected chi connectivity index (χ1v) is 10.3. The summed E-state index contributed by atoms with van der Waals surface area (Å²) >= 11 is 0. The van der Waals surface area contributed by atoms with Gasteiger partial charge in [-0.25, -0.2) is 0 Å². The number of carbonyl (C=O) groups is 2. The first-order chi connectivity index (χ1) is 12.6. The summed E-state index contributed by atoms with van der Waals surface area (Å²) in [6, 6.07) is 8.63. The third-order valence-electron chi connectivity index (χ3n) is 6.13. The summed E-state index contributed by atoms with van der Waals surface area (Å²) in [7, 11) is 0. The van der Waals surface area contributed by atoms with Gasteiger partial charge in [0.1, 0.15) is 0 Å². The number of benzene rings is 1. The Hall–Kier alpha value is -1.84. The third kappa shape index (κ3) is 4.04. The fraction of sp³-hybridized carbons (Fsp3) is 0.652. The molecule has 1 atom stereocenters. The van der Waals surface area contributed by atoms with E-state index in [0.717, 1.165) is 25.8 Å². The van der Waals surface area contributed by atoms with Gasteiger partial charge in [-0.3, -0.25) is 9.59 Å². The van der Waals surface area contributed by atoms with Gasteiger partial charge in [0, 0.05) is 31.6 Å². The van der Waals surface area contributed by atoms with Crippen LogP contribution in [-0.4, -0.2) is 41.2 Å². The molecule has 3 rings (SSSR count). The quantitative estimate of drug-likeness (QED) is 0.800. The van der Waals surface area contributed by atoms with Gasteiger partial charge in [0.25, 0.3) is 0 Å². The van der Waals surface area contributed by atoms with Gasteiger partial charge in [0.2, 0.25) is 11.8 Å². The molecule has 1 aromatic carbocycles. The average Bonchev–Trinajstić information content (AvgIpc) is 3.03. The fourth-order valence-electron chi connectivity index (χ4n) is 4.43. The molecule has 0 aliphatic carbocycles. The number of likely N-dealkylation sites (tertiary alicyclic amines) is 2. The van der Waals surface area contributed by atoms with Gasteiger partial charge in [-0.1, -0.05) is 58.9 Å². The van der Waals surface area contributed by atoms with Crippen molar-refractivity contribution in [2.75, 3.05) is 19.6 Å². The van der Waals surface area contributed by atoms with E-state index >= 15 is 0 Å². The molecule has 1 spiro atoms. The Balaban J connectivity index is 1.70. The zero-order valence-corrected chi connectivity index (χ0v) is 17.5. The smallest absolute Gasteiger partial charge is 0.230 e. The number of hydrogen-bond donors (Lipinski definition) is 0. The molecule has 2 saturated heterocycles. The van der Waals surface area contributed by atoms with Gasteiger partial charge in [-0.2, -0.15) is 0 Å². The van der Waals surface area contributed by atoms with Crippen molar-refractivity contribution in [1.82, 2.24) is 9.80 Å². The Kier molecular flexibility index (Phi) is 5.38. The van der Waals surface area contributed by atoms with Gasteiger partial charge < -0.3 is 9.80 Å². The minimum absolute atomic E-state index is 0.161. The minimum Gasteiger partial charge on any atom is -0.341 e. The van der Waals surface area contributed by atoms with Crippen molar-refractivity contribution >= 4 is 11.8 Å². The molecule has 2 aliphatic heterocycles. The SMILES string of the molecule is CC(C)c1ccc(CN2CCC[C@@]3(CCN(C(=O)C(C)(C)C)C3)C2=O)cc1. The third-order valence-corrected chi connectivity index (χ3v) is 6.13. The lowest BCUT2D eigenvalue weighted by atomic mass is 9.78. The highest BCUT2D eigenvalue weighted by Gasteiger charge is 2.50. The molecule has 0 radical (unpaired) electrons. The van der Waals surface area contributed by atoms with Crippen molar-refractivity contribution in [3.05, 3.63) is 35.4 Å². The fourth-order valence-corrected chi connectivity index (χ4v) is 4.43. The molecule has 0 saturated carbocycles. The monoisotopic (exact) mass is 370 g/mol. The van der Waals surface area contributed by atoms with Crippen molar-refractivity contribution in [2.45, 2.75) is 66.3 Å². The number of amides is 2. The molecule has 4 heteroatoms. The van der Waals surface area contributed by atoms with Gasteiger partial charge in [-0.05, 0) is 36.3 Å². The number of rotatable bonds is 3. The summed E-state index contributed by atoms with van der Waals surface area (Å²) in [5, 5.41) is 0. The Morgan fingerprint density at radius 1 is 1.11 bits per heavy atom. The van der Waals surface area contributed by atoms with Crippen LogP contribution in [0.15, 0.2) is 24.3 Å². The van der Waals surface area contributed by atoms with E-state index in [9.17, 15) is 9.59 Å². The number of nitrogens with zero attached hydrogens (tertiary/aromatic N) is 2. The molecule has 0 aromatic heterocycles. The van der Waals surface area contributed by atoms with Crippen LogP contribution in [0, 0.1) is 10.8 Å². The van der Waals surface area contributed by atoms with Crippen molar-refractivity contribution in [1.29, 1.82) is 0 Å². The van der Waals surface area contributed by atoms with E-state index in [1.165, 1.54) is 11.1 Å². The standard InChI is InChI=1S/C23H34N2O2/c1-17(2)19-9-7-18(8-10-19)15-24-13-6-11-23(21(24)27)12-14-25(16-23)20(26)22(3,4)5/h7-10,17H,6,11-16H2,1-5H3/t23-/m0/s1. The highest BCUT2D eigenvalue weighted by Crippen LogP contribution is 2.41. The number of piperidine rings is 1. The van der Waals surface area contributed by atoms with E-state index in [2.05, 4.69) is 38.1 Å². The summed E-state index contributed by atoms with van der Waals surface area (Å²) in [4.78, 5) is 29.9. The first-order valence-electron chi connectivity index (χ1n) is 10.3. The summed E-state index contributed by atoms with van der Waals surface area (Å²) in [5.74, 6) is 0.920. The van der Waals surface area contributed by atoms with E-state index in [1.54, 1.807) is 0 Å². The summed E-state index contributed by atoms with van der Waals surface area (Å²) < 4.78 is 0. The predicted octanol–water partition coefficient (Wildman–Crippen LogP) is 4.20. The normalized spacial score (nSPS) is 23.6. The minimum atomic E-state index is -0.388. The van der Waals surface area contributed by atoms with Gasteiger partial charge in [0.05, 0.1) is 5.41 Å². The molecule has 4 nitrogen and oxygen atoms in total. The second-order valence-corrected chi connectivity index (χ2v) is 9.73. The summed E-state index contributed by atoms with van der Waals surface area (Å²) in [6.45, 7) is 13.0. The Bertz CT molecular complexity index is 702. The molecule has 148 valence electrons. The van der Waals surface area contributed by atoms with Crippen LogP contribution in [-0.2, 0) is 16.1 Å². The maximum Gasteiger partial charge on any atom is 0.230 e. The van der Waals surface area contributed by atoms with Crippen molar-refractivity contribution in [2.24, 2.45) is 10.8 Å². The lowest BCUT2D eigenvalue weighted by Gasteiger charge is -2.39. The van der Waals surface area contributed by atoms with Gasteiger partial charge in [-0.15, -0.1) is 0 Å². The van der Waals surface area contributed by atoms with E-state index in [-0.39, 0.29) is 22.6 Å². The zero-order chi connectivity index (χ0) is 19.8. The molecule has 2 amide bonds. The molecular formula is C23H34N2O2. The lowest BCUT2D eigenvalue weighted by Crippen LogP contribution is -2.50. The van der Waals surface area contributed by atoms with Crippen LogP contribution in [0.25, 0.3) is 0 Å². The van der Waals surface area contributed by atoms with Gasteiger partial charge >= 0.3 is 0 Å². The van der Waals surface area contributed by atoms with Crippen molar-refractivity contribution in [3.8, 4) is 0 Å². The summed E-state index contributed by atoms with van der Waals surface area (Å²) in [5.41, 5.74) is 1.76. The van der Waals surface area contributed by atoms with Crippen LogP contribution in [0.5, 0.6) is 0 Å². The largest absolute Gasteiger partial charge is 0.341 e. The maximum absolute atomic E-state index is 13.3. The van der Waals surface area contributed by atoms with E-state index in [4.69, 9.17) is 0 Å². The Labute approximate surface area is 163 Å². The van der Waals surface area contributed by atoms with Crippen molar-refractivity contribution < 1.29 is 9.59 Å². The Morgan fingerprint density at radius 3 is 2.37 bits per heavy atom. The first kappa shape index (κ1) is 19.9. The van der Waals surface area contributed by atoms with E-state index in [1.807, 2.05) is 30.6 Å². The zero-order valence-electron chi connectivity index (χ0n) is 17.5. The van der Waals surface area contributed by atoms with Crippen LogP contribution >= 0.6 is 0 Å². The molecule has 0 N–H and O–H groups in total.